The average molecular weight is 288 g/mol. The van der Waals surface area contributed by atoms with E-state index in [1.54, 1.807) is 4.90 Å². The third-order valence-electron chi connectivity index (χ3n) is 3.29. The first-order valence-corrected chi connectivity index (χ1v) is 6.76. The van der Waals surface area contributed by atoms with E-state index in [4.69, 9.17) is 9.47 Å². The van der Waals surface area contributed by atoms with Crippen LogP contribution >= 0.6 is 0 Å². The Labute approximate surface area is 121 Å². The quantitative estimate of drug-likeness (QED) is 0.890. The van der Waals surface area contributed by atoms with Crippen molar-refractivity contribution in [2.45, 2.75) is 0 Å². The molecule has 2 heterocycles. The van der Waals surface area contributed by atoms with E-state index in [2.05, 4.69) is 15.3 Å². The fourth-order valence-corrected chi connectivity index (χ4v) is 2.19. The second-order valence-corrected chi connectivity index (χ2v) is 4.64. The number of benzene rings is 1. The molecule has 1 aromatic carbocycles. The summed E-state index contributed by atoms with van der Waals surface area (Å²) < 4.78 is 10.5. The molecule has 2 aromatic rings. The highest BCUT2D eigenvalue weighted by Crippen LogP contribution is 2.25. The van der Waals surface area contributed by atoms with Crippen LogP contribution in [0.15, 0.2) is 24.3 Å². The van der Waals surface area contributed by atoms with Gasteiger partial charge in [0.15, 0.2) is 0 Å². The van der Waals surface area contributed by atoms with Crippen LogP contribution in [-0.2, 0) is 0 Å². The van der Waals surface area contributed by atoms with E-state index in [0.29, 0.717) is 24.0 Å². The SMILES string of the molecule is COc1nc(OC(=O)N2CCNCC2)c2ccccc2n1. The van der Waals surface area contributed by atoms with Crippen LogP contribution in [0.5, 0.6) is 11.9 Å². The number of hydrogen-bond acceptors (Lipinski definition) is 6. The second kappa shape index (κ2) is 5.92. The Bertz CT molecular complexity index is 656. The number of ether oxygens (including phenoxy) is 2. The van der Waals surface area contributed by atoms with Gasteiger partial charge in [-0.05, 0) is 12.1 Å². The lowest BCUT2D eigenvalue weighted by atomic mass is 10.2. The topological polar surface area (TPSA) is 76.6 Å². The van der Waals surface area contributed by atoms with E-state index < -0.39 is 6.09 Å². The third kappa shape index (κ3) is 2.87. The molecule has 0 saturated carbocycles. The second-order valence-electron chi connectivity index (χ2n) is 4.64. The molecule has 0 atom stereocenters. The van der Waals surface area contributed by atoms with E-state index in [0.717, 1.165) is 13.1 Å². The number of fused-ring (bicyclic) bond motifs is 1. The summed E-state index contributed by atoms with van der Waals surface area (Å²) >= 11 is 0. The van der Waals surface area contributed by atoms with Gasteiger partial charge in [0.05, 0.1) is 18.0 Å². The van der Waals surface area contributed by atoms with E-state index in [1.807, 2.05) is 24.3 Å². The summed E-state index contributed by atoms with van der Waals surface area (Å²) in [4.78, 5) is 22.2. The van der Waals surface area contributed by atoms with Gasteiger partial charge in [0.25, 0.3) is 0 Å². The first-order chi connectivity index (χ1) is 10.3. The maximum Gasteiger partial charge on any atom is 0.416 e. The smallest absolute Gasteiger partial charge is 0.416 e. The van der Waals surface area contributed by atoms with E-state index in [-0.39, 0.29) is 11.9 Å². The van der Waals surface area contributed by atoms with Gasteiger partial charge in [-0.3, -0.25) is 0 Å². The molecule has 21 heavy (non-hydrogen) atoms. The maximum absolute atomic E-state index is 12.2. The van der Waals surface area contributed by atoms with Crippen LogP contribution in [0.25, 0.3) is 10.9 Å². The van der Waals surface area contributed by atoms with Gasteiger partial charge in [-0.2, -0.15) is 9.97 Å². The number of amides is 1. The van der Waals surface area contributed by atoms with Crippen LogP contribution in [0, 0.1) is 0 Å². The van der Waals surface area contributed by atoms with Crippen LogP contribution in [0.1, 0.15) is 0 Å². The lowest BCUT2D eigenvalue weighted by Crippen LogP contribution is -2.47. The predicted molar refractivity (Wildman–Crippen MR) is 76.6 cm³/mol. The summed E-state index contributed by atoms with van der Waals surface area (Å²) in [5.74, 6) is 0.223. The monoisotopic (exact) mass is 288 g/mol. The van der Waals surface area contributed by atoms with Crippen LogP contribution in [0.2, 0.25) is 0 Å². The summed E-state index contributed by atoms with van der Waals surface area (Å²) in [6.45, 7) is 2.78. The molecule has 0 aliphatic carbocycles. The molecule has 1 aliphatic heterocycles. The first-order valence-electron chi connectivity index (χ1n) is 6.76. The summed E-state index contributed by atoms with van der Waals surface area (Å²) in [5.41, 5.74) is 0.674. The highest BCUT2D eigenvalue weighted by molar-refractivity contribution is 5.86. The van der Waals surface area contributed by atoms with Crippen LogP contribution in [0.3, 0.4) is 0 Å². The summed E-state index contributed by atoms with van der Waals surface area (Å²) in [6.07, 6.45) is -0.401. The molecule has 7 nitrogen and oxygen atoms in total. The maximum atomic E-state index is 12.2. The van der Waals surface area contributed by atoms with Crippen molar-refractivity contribution in [2.75, 3.05) is 33.3 Å². The highest BCUT2D eigenvalue weighted by Gasteiger charge is 2.20. The Morgan fingerprint density at radius 2 is 2.00 bits per heavy atom. The number of hydrogen-bond donors (Lipinski definition) is 1. The number of piperazine rings is 1. The molecule has 3 rings (SSSR count). The zero-order valence-corrected chi connectivity index (χ0v) is 11.7. The fraction of sp³-hybridized carbons (Fsp3) is 0.357. The van der Waals surface area contributed by atoms with Gasteiger partial charge in [0.1, 0.15) is 0 Å². The van der Waals surface area contributed by atoms with Gasteiger partial charge in [0, 0.05) is 26.2 Å². The van der Waals surface area contributed by atoms with Gasteiger partial charge in [-0.15, -0.1) is 0 Å². The van der Waals surface area contributed by atoms with Crippen LogP contribution in [0.4, 0.5) is 4.79 Å². The molecule has 0 radical (unpaired) electrons. The molecule has 1 fully saturated rings. The third-order valence-corrected chi connectivity index (χ3v) is 3.29. The molecule has 0 spiro atoms. The molecule has 0 unspecified atom stereocenters. The standard InChI is InChI=1S/C14H16N4O3/c1-20-13-16-11-5-3-2-4-10(11)12(17-13)21-14(19)18-8-6-15-7-9-18/h2-5,15H,6-9H2,1H3. The molecule has 1 amide bonds. The van der Waals surface area contributed by atoms with Crippen LogP contribution < -0.4 is 14.8 Å². The minimum absolute atomic E-state index is 0.178. The van der Waals surface area contributed by atoms with Gasteiger partial charge < -0.3 is 19.7 Å². The zero-order chi connectivity index (χ0) is 14.7. The number of aromatic nitrogens is 2. The molecule has 110 valence electrons. The molecule has 1 saturated heterocycles. The van der Waals surface area contributed by atoms with Crippen molar-refractivity contribution >= 4 is 17.0 Å². The Kier molecular flexibility index (Phi) is 3.83. The number of rotatable bonds is 2. The lowest BCUT2D eigenvalue weighted by molar-refractivity contribution is 0.144. The number of carbonyl (C=O) groups excluding carboxylic acids is 1. The fourth-order valence-electron chi connectivity index (χ4n) is 2.19. The summed E-state index contributed by atoms with van der Waals surface area (Å²) in [6, 6.07) is 7.52. The van der Waals surface area contributed by atoms with Crippen molar-refractivity contribution in [1.82, 2.24) is 20.2 Å². The molecule has 1 N–H and O–H groups in total. The van der Waals surface area contributed by atoms with Crippen molar-refractivity contribution in [2.24, 2.45) is 0 Å². The Balaban J connectivity index is 1.90. The average Bonchev–Trinajstić information content (AvgIpc) is 2.55. The molecular formula is C14H16N4O3. The number of nitrogens with one attached hydrogen (secondary N) is 1. The minimum atomic E-state index is -0.401. The lowest BCUT2D eigenvalue weighted by Gasteiger charge is -2.26. The molecule has 1 aromatic heterocycles. The zero-order valence-electron chi connectivity index (χ0n) is 11.7. The Hall–Kier alpha value is -2.41. The predicted octanol–water partition coefficient (Wildman–Crippen LogP) is 1.04. The number of carbonyl (C=O) groups is 1. The van der Waals surface area contributed by atoms with E-state index in [9.17, 15) is 4.79 Å². The number of methoxy groups -OCH3 is 1. The van der Waals surface area contributed by atoms with E-state index in [1.165, 1.54) is 7.11 Å². The van der Waals surface area contributed by atoms with Crippen molar-refractivity contribution in [1.29, 1.82) is 0 Å². The van der Waals surface area contributed by atoms with Crippen molar-refractivity contribution in [3.05, 3.63) is 24.3 Å². The minimum Gasteiger partial charge on any atom is -0.467 e. The first kappa shape index (κ1) is 13.6. The van der Waals surface area contributed by atoms with Gasteiger partial charge in [0.2, 0.25) is 5.88 Å². The van der Waals surface area contributed by atoms with Gasteiger partial charge >= 0.3 is 12.1 Å². The number of nitrogens with zero attached hydrogens (tertiary/aromatic N) is 3. The molecule has 7 heteroatoms. The normalized spacial score (nSPS) is 15.0. The molecular weight excluding hydrogens is 272 g/mol. The highest BCUT2D eigenvalue weighted by atomic mass is 16.6. The van der Waals surface area contributed by atoms with Crippen LogP contribution in [-0.4, -0.2) is 54.2 Å². The van der Waals surface area contributed by atoms with Gasteiger partial charge in [-0.25, -0.2) is 4.79 Å². The van der Waals surface area contributed by atoms with Crippen molar-refractivity contribution in [3.8, 4) is 11.9 Å². The van der Waals surface area contributed by atoms with Gasteiger partial charge in [-0.1, -0.05) is 12.1 Å². The summed E-state index contributed by atoms with van der Waals surface area (Å²) in [5, 5.41) is 3.87. The Morgan fingerprint density at radius 3 is 2.76 bits per heavy atom. The molecule has 1 aliphatic rings. The number of para-hydroxylation sites is 1. The van der Waals surface area contributed by atoms with E-state index >= 15 is 0 Å². The summed E-state index contributed by atoms with van der Waals surface area (Å²) in [7, 11) is 1.48. The Morgan fingerprint density at radius 1 is 1.24 bits per heavy atom. The molecule has 0 bridgehead atoms. The van der Waals surface area contributed by atoms with Crippen molar-refractivity contribution < 1.29 is 14.3 Å². The largest absolute Gasteiger partial charge is 0.467 e. The van der Waals surface area contributed by atoms with Crippen molar-refractivity contribution in [3.63, 3.8) is 0 Å².